The van der Waals surface area contributed by atoms with E-state index in [0.717, 1.165) is 24.4 Å². The van der Waals surface area contributed by atoms with E-state index in [1.807, 2.05) is 4.90 Å². The number of hydrogen-bond acceptors (Lipinski definition) is 7. The first-order chi connectivity index (χ1) is 11.6. The van der Waals surface area contributed by atoms with Gasteiger partial charge in [0.2, 0.25) is 0 Å². The number of aromatic nitrogens is 2. The van der Waals surface area contributed by atoms with Crippen LogP contribution in [-0.2, 0) is 4.74 Å². The van der Waals surface area contributed by atoms with Crippen molar-refractivity contribution in [2.45, 2.75) is 25.8 Å². The number of carbonyl (C=O) groups excluding carboxylic acids is 1. The Morgan fingerprint density at radius 2 is 2.21 bits per heavy atom. The number of carboxylic acid groups (broad SMARTS) is 1. The molecule has 0 bridgehead atoms. The van der Waals surface area contributed by atoms with Crippen molar-refractivity contribution in [3.8, 4) is 0 Å². The molecule has 1 aliphatic rings. The van der Waals surface area contributed by atoms with Gasteiger partial charge in [0, 0.05) is 11.9 Å². The van der Waals surface area contributed by atoms with Gasteiger partial charge in [0.05, 0.1) is 12.6 Å². The third-order valence-electron chi connectivity index (χ3n) is 3.79. The fraction of sp³-hybridized carbons (Fsp3) is 0.375. The fourth-order valence-electron chi connectivity index (χ4n) is 2.74. The highest BCUT2D eigenvalue weighted by Crippen LogP contribution is 2.36. The number of pyridine rings is 1. The van der Waals surface area contributed by atoms with Crippen molar-refractivity contribution in [1.29, 1.82) is 0 Å². The first kappa shape index (κ1) is 16.4. The number of aromatic carboxylic acids is 1. The third kappa shape index (κ3) is 3.23. The van der Waals surface area contributed by atoms with Gasteiger partial charge in [-0.2, -0.15) is 0 Å². The average Bonchev–Trinajstić information content (AvgIpc) is 3.24. The molecule has 1 unspecified atom stereocenters. The summed E-state index contributed by atoms with van der Waals surface area (Å²) < 4.78 is 4.97. The number of carboxylic acids is 1. The lowest BCUT2D eigenvalue weighted by Gasteiger charge is -2.24. The van der Waals surface area contributed by atoms with Crippen LogP contribution in [0.25, 0.3) is 0 Å². The summed E-state index contributed by atoms with van der Waals surface area (Å²) in [5.41, 5.74) is 0.334. The molecular weight excluding hydrogens is 330 g/mol. The van der Waals surface area contributed by atoms with Crippen molar-refractivity contribution in [3.63, 3.8) is 0 Å². The van der Waals surface area contributed by atoms with Crippen LogP contribution in [0.4, 0.5) is 5.82 Å². The summed E-state index contributed by atoms with van der Waals surface area (Å²) in [7, 11) is 0. The maximum atomic E-state index is 11.8. The van der Waals surface area contributed by atoms with Gasteiger partial charge in [-0.25, -0.2) is 19.6 Å². The van der Waals surface area contributed by atoms with Crippen LogP contribution < -0.4 is 4.90 Å². The third-order valence-corrected chi connectivity index (χ3v) is 4.74. The Labute approximate surface area is 142 Å². The quantitative estimate of drug-likeness (QED) is 0.831. The number of hydrogen-bond donors (Lipinski definition) is 1. The zero-order valence-electron chi connectivity index (χ0n) is 13.1. The molecule has 0 saturated carbocycles. The van der Waals surface area contributed by atoms with E-state index in [9.17, 15) is 9.59 Å². The molecule has 0 aliphatic carbocycles. The van der Waals surface area contributed by atoms with Crippen molar-refractivity contribution < 1.29 is 19.4 Å². The molecule has 1 N–H and O–H groups in total. The molecule has 8 heteroatoms. The molecule has 24 heavy (non-hydrogen) atoms. The van der Waals surface area contributed by atoms with E-state index in [0.29, 0.717) is 18.1 Å². The second-order valence-electron chi connectivity index (χ2n) is 5.33. The minimum Gasteiger partial charge on any atom is -0.477 e. The molecule has 0 spiro atoms. The molecule has 2 aromatic heterocycles. The molecule has 2 aromatic rings. The monoisotopic (exact) mass is 347 g/mol. The van der Waals surface area contributed by atoms with Crippen LogP contribution in [0.15, 0.2) is 23.6 Å². The van der Waals surface area contributed by atoms with E-state index in [1.54, 1.807) is 24.4 Å². The average molecular weight is 347 g/mol. The lowest BCUT2D eigenvalue weighted by atomic mass is 10.2. The van der Waals surface area contributed by atoms with Gasteiger partial charge in [-0.1, -0.05) is 6.07 Å². The second-order valence-corrected chi connectivity index (χ2v) is 6.22. The van der Waals surface area contributed by atoms with Gasteiger partial charge in [0.1, 0.15) is 10.8 Å². The minimum absolute atomic E-state index is 0.00489. The highest BCUT2D eigenvalue weighted by molar-refractivity contribution is 7.10. The maximum absolute atomic E-state index is 11.8. The molecule has 3 rings (SSSR count). The molecule has 1 atom stereocenters. The lowest BCUT2D eigenvalue weighted by molar-refractivity contribution is 0.0519. The number of rotatable bonds is 5. The van der Waals surface area contributed by atoms with Gasteiger partial charge >= 0.3 is 11.9 Å². The Bertz CT molecular complexity index is 761. The van der Waals surface area contributed by atoms with Crippen LogP contribution in [0.1, 0.15) is 51.8 Å². The zero-order valence-corrected chi connectivity index (χ0v) is 14.0. The summed E-state index contributed by atoms with van der Waals surface area (Å²) in [6.45, 7) is 2.84. The predicted octanol–water partition coefficient (Wildman–Crippen LogP) is 2.75. The molecule has 1 saturated heterocycles. The predicted molar refractivity (Wildman–Crippen MR) is 88.6 cm³/mol. The number of ether oxygens (including phenoxy) is 1. The Morgan fingerprint density at radius 1 is 1.38 bits per heavy atom. The van der Waals surface area contributed by atoms with Gasteiger partial charge in [-0.05, 0) is 31.9 Å². The van der Waals surface area contributed by atoms with E-state index < -0.39 is 11.9 Å². The summed E-state index contributed by atoms with van der Waals surface area (Å²) in [5.74, 6) is -0.854. The van der Waals surface area contributed by atoms with Crippen molar-refractivity contribution in [2.75, 3.05) is 18.1 Å². The highest BCUT2D eigenvalue weighted by atomic mass is 32.1. The van der Waals surface area contributed by atoms with Gasteiger partial charge in [0.15, 0.2) is 11.4 Å². The molecule has 1 fully saturated rings. The van der Waals surface area contributed by atoms with E-state index in [2.05, 4.69) is 9.97 Å². The number of anilines is 1. The fourth-order valence-corrected chi connectivity index (χ4v) is 3.67. The van der Waals surface area contributed by atoms with E-state index in [4.69, 9.17) is 9.84 Å². The molecule has 1 aliphatic heterocycles. The van der Waals surface area contributed by atoms with Crippen LogP contribution in [0.2, 0.25) is 0 Å². The van der Waals surface area contributed by atoms with E-state index in [1.165, 1.54) is 17.4 Å². The Hall–Kier alpha value is -2.48. The molecule has 126 valence electrons. The standard InChI is InChI=1S/C16H17N3O4S/c1-2-23-16(22)11-9-24-14(18-11)12-6-4-8-19(12)13-7-3-5-10(17-13)15(20)21/h3,5,7,9,12H,2,4,6,8H2,1H3,(H,20,21). The van der Waals surface area contributed by atoms with Crippen LogP contribution in [-0.4, -0.2) is 40.2 Å². The first-order valence-electron chi connectivity index (χ1n) is 7.69. The summed E-state index contributed by atoms with van der Waals surface area (Å²) in [6, 6.07) is 4.95. The van der Waals surface area contributed by atoms with Gasteiger partial charge in [-0.3, -0.25) is 0 Å². The normalized spacial score (nSPS) is 17.0. The Kier molecular flexibility index (Phi) is 4.75. The maximum Gasteiger partial charge on any atom is 0.357 e. The molecular formula is C16H17N3O4S. The largest absolute Gasteiger partial charge is 0.477 e. The highest BCUT2D eigenvalue weighted by Gasteiger charge is 2.30. The van der Waals surface area contributed by atoms with Crippen molar-refractivity contribution in [3.05, 3.63) is 40.0 Å². The molecule has 3 heterocycles. The summed E-state index contributed by atoms with van der Waals surface area (Å²) in [6.07, 6.45) is 1.84. The Balaban J connectivity index is 1.85. The van der Waals surface area contributed by atoms with Crippen LogP contribution in [0.5, 0.6) is 0 Å². The number of esters is 1. The number of thiazole rings is 1. The molecule has 0 aromatic carbocycles. The summed E-state index contributed by atoms with van der Waals surface area (Å²) in [5, 5.41) is 11.6. The number of nitrogens with zero attached hydrogens (tertiary/aromatic N) is 3. The van der Waals surface area contributed by atoms with Crippen LogP contribution in [0, 0.1) is 0 Å². The van der Waals surface area contributed by atoms with Crippen molar-refractivity contribution in [2.24, 2.45) is 0 Å². The Morgan fingerprint density at radius 3 is 2.96 bits per heavy atom. The first-order valence-corrected chi connectivity index (χ1v) is 8.57. The summed E-state index contributed by atoms with van der Waals surface area (Å²) in [4.78, 5) is 33.5. The van der Waals surface area contributed by atoms with Crippen molar-refractivity contribution >= 4 is 29.1 Å². The molecule has 0 amide bonds. The zero-order chi connectivity index (χ0) is 17.1. The van der Waals surface area contributed by atoms with Crippen LogP contribution in [0.3, 0.4) is 0 Å². The number of carbonyl (C=O) groups is 2. The molecule has 7 nitrogen and oxygen atoms in total. The van der Waals surface area contributed by atoms with E-state index >= 15 is 0 Å². The van der Waals surface area contributed by atoms with Crippen LogP contribution >= 0.6 is 11.3 Å². The van der Waals surface area contributed by atoms with Gasteiger partial charge < -0.3 is 14.7 Å². The SMILES string of the molecule is CCOC(=O)c1csc(C2CCCN2c2cccc(C(=O)O)n2)n1. The molecule has 0 radical (unpaired) electrons. The minimum atomic E-state index is -1.05. The second kappa shape index (κ2) is 6.96. The smallest absolute Gasteiger partial charge is 0.357 e. The topological polar surface area (TPSA) is 92.6 Å². The van der Waals surface area contributed by atoms with Gasteiger partial charge in [-0.15, -0.1) is 11.3 Å². The van der Waals surface area contributed by atoms with Gasteiger partial charge in [0.25, 0.3) is 0 Å². The van der Waals surface area contributed by atoms with E-state index in [-0.39, 0.29) is 11.7 Å². The lowest BCUT2D eigenvalue weighted by Crippen LogP contribution is -2.24. The summed E-state index contributed by atoms with van der Waals surface area (Å²) >= 11 is 1.41. The van der Waals surface area contributed by atoms with Crippen molar-refractivity contribution in [1.82, 2.24) is 9.97 Å².